The van der Waals surface area contributed by atoms with Gasteiger partial charge in [0, 0.05) is 42.9 Å². The predicted octanol–water partition coefficient (Wildman–Crippen LogP) is 4.16. The highest BCUT2D eigenvalue weighted by molar-refractivity contribution is 7.27. The van der Waals surface area contributed by atoms with Crippen molar-refractivity contribution >= 4 is 42.9 Å². The number of piperidine rings is 1. The molecular weight excluding hydrogens is 424 g/mol. The number of halogens is 3. The van der Waals surface area contributed by atoms with Crippen molar-refractivity contribution in [3.05, 3.63) is 48.0 Å². The molecule has 0 bridgehead atoms. The highest BCUT2D eigenvalue weighted by atomic mass is 31.0. The van der Waals surface area contributed by atoms with E-state index in [4.69, 9.17) is 0 Å². The first kappa shape index (κ1) is 20.3. The molecule has 0 aliphatic carbocycles. The lowest BCUT2D eigenvalue weighted by Crippen LogP contribution is -2.55. The quantitative estimate of drug-likeness (QED) is 0.486. The van der Waals surface area contributed by atoms with Crippen molar-refractivity contribution in [3.8, 4) is 0 Å². The number of carbonyl (C=O) groups excluding carboxylic acids is 1. The van der Waals surface area contributed by atoms with Gasteiger partial charge in [0.2, 0.25) is 5.91 Å². The molecule has 0 spiro atoms. The van der Waals surface area contributed by atoms with Gasteiger partial charge in [0.1, 0.15) is 5.82 Å². The van der Waals surface area contributed by atoms with Gasteiger partial charge in [0.15, 0.2) is 0 Å². The lowest BCUT2D eigenvalue weighted by molar-refractivity contribution is -0.129. The number of fused-ring (bicyclic) bond motifs is 1. The van der Waals surface area contributed by atoms with Crippen LogP contribution in [0, 0.1) is 11.7 Å². The Kier molecular flexibility index (Phi) is 4.74. The maximum Gasteiger partial charge on any atom is 0.251 e. The molecule has 0 radical (unpaired) electrons. The summed E-state index contributed by atoms with van der Waals surface area (Å²) in [5.41, 5.74) is 3.27. The van der Waals surface area contributed by atoms with E-state index in [9.17, 15) is 13.6 Å². The Hall–Kier alpha value is -2.60. The van der Waals surface area contributed by atoms with Crippen molar-refractivity contribution in [2.24, 2.45) is 5.92 Å². The van der Waals surface area contributed by atoms with Crippen LogP contribution in [0.4, 0.5) is 24.5 Å². The predicted molar refractivity (Wildman–Crippen MR) is 118 cm³/mol. The second-order valence-corrected chi connectivity index (χ2v) is 8.94. The number of hydrogen-bond acceptors (Lipinski definition) is 3. The third kappa shape index (κ3) is 3.37. The topological polar surface area (TPSA) is 52.2 Å². The van der Waals surface area contributed by atoms with E-state index < -0.39 is 17.8 Å². The molecule has 3 atom stereocenters. The van der Waals surface area contributed by atoms with Crippen LogP contribution in [0.5, 0.6) is 0 Å². The number of nitrogens with zero attached hydrogens (tertiary/aromatic N) is 3. The molecule has 5 rings (SSSR count). The van der Waals surface area contributed by atoms with Crippen LogP contribution < -0.4 is 15.1 Å². The number of benzene rings is 2. The second kappa shape index (κ2) is 7.23. The van der Waals surface area contributed by atoms with Gasteiger partial charge in [0.05, 0.1) is 29.3 Å². The Morgan fingerprint density at radius 3 is 2.61 bits per heavy atom. The summed E-state index contributed by atoms with van der Waals surface area (Å²) in [6.45, 7) is 2.16. The fourth-order valence-electron chi connectivity index (χ4n) is 4.58. The van der Waals surface area contributed by atoms with Gasteiger partial charge in [-0.25, -0.2) is 18.2 Å². The van der Waals surface area contributed by atoms with Gasteiger partial charge in [0.25, 0.3) is 5.92 Å². The van der Waals surface area contributed by atoms with Crippen LogP contribution in [0.15, 0.2) is 36.7 Å². The molecule has 2 saturated heterocycles. The summed E-state index contributed by atoms with van der Waals surface area (Å²) in [6.07, 6.45) is 1.11. The number of carbonyl (C=O) groups is 1. The molecule has 3 aromatic rings. The van der Waals surface area contributed by atoms with Crippen molar-refractivity contribution in [1.29, 1.82) is 0 Å². The van der Waals surface area contributed by atoms with Crippen molar-refractivity contribution in [3.63, 3.8) is 0 Å². The minimum atomic E-state index is -2.66. The molecule has 162 valence electrons. The number of alkyl halides is 2. The van der Waals surface area contributed by atoms with Gasteiger partial charge in [-0.2, -0.15) is 0 Å². The van der Waals surface area contributed by atoms with Crippen molar-refractivity contribution in [2.45, 2.75) is 31.7 Å². The van der Waals surface area contributed by atoms with E-state index in [2.05, 4.69) is 19.2 Å². The van der Waals surface area contributed by atoms with Crippen LogP contribution in [0.25, 0.3) is 11.0 Å². The molecule has 3 heterocycles. The third-order valence-corrected chi connectivity index (χ3v) is 6.84. The van der Waals surface area contributed by atoms with Crippen LogP contribution in [0.2, 0.25) is 0 Å². The molecule has 1 amide bonds. The van der Waals surface area contributed by atoms with Crippen molar-refractivity contribution in [1.82, 2.24) is 9.97 Å². The van der Waals surface area contributed by atoms with Gasteiger partial charge in [-0.05, 0) is 35.6 Å². The Balaban J connectivity index is 1.47. The Morgan fingerprint density at radius 2 is 1.90 bits per heavy atom. The summed E-state index contributed by atoms with van der Waals surface area (Å²) in [4.78, 5) is 23.4. The summed E-state index contributed by atoms with van der Waals surface area (Å²) in [6, 6.07) is 8.23. The highest BCUT2D eigenvalue weighted by Gasteiger charge is 2.48. The highest BCUT2D eigenvalue weighted by Crippen LogP contribution is 2.45. The molecule has 2 fully saturated rings. The van der Waals surface area contributed by atoms with Gasteiger partial charge in [-0.3, -0.25) is 4.79 Å². The number of H-pyrrole nitrogens is 1. The summed E-state index contributed by atoms with van der Waals surface area (Å²) in [5, 5.41) is 0.627. The van der Waals surface area contributed by atoms with Gasteiger partial charge < -0.3 is 14.8 Å². The lowest BCUT2D eigenvalue weighted by Gasteiger charge is -2.46. The fourth-order valence-corrected chi connectivity index (χ4v) is 5.06. The SMILES string of the molecule is C[C@@H]1C(=O)N(c2ccc3[nH]cnc3c2)[C@@H]1c1c(F)cc(N2CCC(F)(F)CC2)cc1P. The zero-order valence-electron chi connectivity index (χ0n) is 16.9. The first-order valence-electron chi connectivity index (χ1n) is 10.2. The smallest absolute Gasteiger partial charge is 0.251 e. The number of hydrogen-bond donors (Lipinski definition) is 1. The van der Waals surface area contributed by atoms with E-state index in [-0.39, 0.29) is 37.8 Å². The summed E-state index contributed by atoms with van der Waals surface area (Å²) < 4.78 is 42.3. The van der Waals surface area contributed by atoms with Gasteiger partial charge in [-0.15, -0.1) is 9.24 Å². The minimum Gasteiger partial charge on any atom is -0.371 e. The molecule has 1 unspecified atom stereocenters. The number of nitrogens with one attached hydrogen (secondary N) is 1. The zero-order chi connectivity index (χ0) is 21.9. The number of β-lactam (4-membered cyclic amide) rings is 1. The first-order valence-corrected chi connectivity index (χ1v) is 10.8. The van der Waals surface area contributed by atoms with Crippen LogP contribution in [-0.4, -0.2) is 34.9 Å². The zero-order valence-corrected chi connectivity index (χ0v) is 18.1. The maximum atomic E-state index is 15.3. The Bertz CT molecular complexity index is 1150. The van der Waals surface area contributed by atoms with E-state index in [1.807, 2.05) is 18.2 Å². The number of aromatic nitrogens is 2. The standard InChI is InChI=1S/C22H22F3N4OP/c1-12-20(29(21(12)30)13-2-3-16-17(9-13)27-11-26-16)19-15(23)8-14(10-18(19)31)28-6-4-22(24,25)5-7-28/h2-3,8-12,20H,4-7,31H2,1H3,(H,26,27)/t12-,20-/m0/s1. The van der Waals surface area contributed by atoms with Crippen LogP contribution in [-0.2, 0) is 4.79 Å². The van der Waals surface area contributed by atoms with E-state index in [0.29, 0.717) is 22.2 Å². The normalized spacial score (nSPS) is 23.3. The molecular formula is C22H22F3N4OP. The average molecular weight is 446 g/mol. The summed E-state index contributed by atoms with van der Waals surface area (Å²) in [5.74, 6) is -3.54. The van der Waals surface area contributed by atoms with Crippen molar-refractivity contribution < 1.29 is 18.0 Å². The van der Waals surface area contributed by atoms with E-state index in [1.165, 1.54) is 6.07 Å². The molecule has 9 heteroatoms. The van der Waals surface area contributed by atoms with Crippen molar-refractivity contribution in [2.75, 3.05) is 22.9 Å². The molecule has 5 nitrogen and oxygen atoms in total. The molecule has 31 heavy (non-hydrogen) atoms. The lowest BCUT2D eigenvalue weighted by atomic mass is 9.82. The van der Waals surface area contributed by atoms with E-state index in [1.54, 1.807) is 29.1 Å². The number of amides is 1. The number of rotatable bonds is 3. The van der Waals surface area contributed by atoms with Crippen LogP contribution >= 0.6 is 9.24 Å². The molecule has 0 saturated carbocycles. The molecule has 2 aromatic carbocycles. The monoisotopic (exact) mass is 446 g/mol. The largest absolute Gasteiger partial charge is 0.371 e. The van der Waals surface area contributed by atoms with Crippen LogP contribution in [0.3, 0.4) is 0 Å². The number of imidazole rings is 1. The molecule has 2 aliphatic rings. The van der Waals surface area contributed by atoms with Crippen LogP contribution in [0.1, 0.15) is 31.4 Å². The van der Waals surface area contributed by atoms with Gasteiger partial charge >= 0.3 is 0 Å². The molecule has 1 N–H and O–H groups in total. The minimum absolute atomic E-state index is 0.0778. The third-order valence-electron chi connectivity index (χ3n) is 6.36. The summed E-state index contributed by atoms with van der Waals surface area (Å²) >= 11 is 0. The Labute approximate surface area is 179 Å². The molecule has 1 aromatic heterocycles. The number of anilines is 2. The second-order valence-electron chi connectivity index (χ2n) is 8.32. The Morgan fingerprint density at radius 1 is 1.16 bits per heavy atom. The fraction of sp³-hybridized carbons (Fsp3) is 0.364. The average Bonchev–Trinajstić information content (AvgIpc) is 3.20. The maximum absolute atomic E-state index is 15.3. The van der Waals surface area contributed by atoms with E-state index >= 15 is 4.39 Å². The number of aromatic amines is 1. The first-order chi connectivity index (χ1) is 14.7. The van der Waals surface area contributed by atoms with Gasteiger partial charge in [-0.1, -0.05) is 6.92 Å². The summed E-state index contributed by atoms with van der Waals surface area (Å²) in [7, 11) is 2.55. The van der Waals surface area contributed by atoms with E-state index in [0.717, 1.165) is 11.0 Å². The molecule has 2 aliphatic heterocycles.